The first kappa shape index (κ1) is 50.5. The molecule has 13 rings (SSSR count). The van der Waals surface area contributed by atoms with Crippen LogP contribution in [-0.4, -0.2) is 78.2 Å². The summed E-state index contributed by atoms with van der Waals surface area (Å²) >= 11 is 13.4. The van der Waals surface area contributed by atoms with Crippen LogP contribution in [0.3, 0.4) is 0 Å². The largest absolute Gasteiger partial charge is 0.487 e. The maximum Gasteiger partial charge on any atom is 0.407 e. The number of hydrogen-bond acceptors (Lipinski definition) is 7. The van der Waals surface area contributed by atoms with Crippen molar-refractivity contribution in [3.05, 3.63) is 155 Å². The van der Waals surface area contributed by atoms with Gasteiger partial charge in [0.25, 0.3) is 0 Å². The number of carbonyl (C=O) groups excluding carboxylic acids is 5. The van der Waals surface area contributed by atoms with Crippen LogP contribution in [0.5, 0.6) is 5.75 Å². The molecule has 6 aliphatic rings. The molecule has 0 spiro atoms. The first-order valence-electron chi connectivity index (χ1n) is 26.6. The minimum absolute atomic E-state index is 0.00739. The minimum Gasteiger partial charge on any atom is -0.487 e. The van der Waals surface area contributed by atoms with E-state index in [-0.39, 0.29) is 48.0 Å². The van der Waals surface area contributed by atoms with E-state index in [1.165, 1.54) is 0 Å². The maximum absolute atomic E-state index is 15.0. The predicted molar refractivity (Wildman–Crippen MR) is 301 cm³/mol. The van der Waals surface area contributed by atoms with Gasteiger partial charge in [-0.05, 0) is 95.0 Å². The van der Waals surface area contributed by atoms with Gasteiger partial charge in [0.1, 0.15) is 31.0 Å². The standard InChI is InChI=1S/C62H60Cl2N6O7/c1-34(2)54(68-60(75)77-30-46-42-18-10-8-16-40(42)41-17-9-11-19-43(41)46)57(72)66-36(4)56(71)67-47-22-48-52(45-21-13-12-20-44(45)47)38(24-63)27-69(48)58(73)61-31-62(32-61,33-61)59(74)70-28-39(25-64)53-49(70)23-50(55-51(53)35(3)26-65-55)76-29-37-14-6-5-7-15-37/h5-23,26,34,36,38-39,46,54,65H,24-25,27-33H2,1-4H3,(H,66,72)(H,67,71)(H,68,75)/t36-,38+,39+,54-,61?,62?/m0/s1. The van der Waals surface area contributed by atoms with E-state index in [4.69, 9.17) is 32.7 Å². The molecule has 7 aromatic rings. The Kier molecular flexibility index (Phi) is 12.8. The van der Waals surface area contributed by atoms with Gasteiger partial charge in [0.05, 0.1) is 27.7 Å². The van der Waals surface area contributed by atoms with Crippen LogP contribution < -0.4 is 30.5 Å². The van der Waals surface area contributed by atoms with E-state index in [1.54, 1.807) is 6.92 Å². The number of aromatic amines is 1. The summed E-state index contributed by atoms with van der Waals surface area (Å²) < 4.78 is 12.2. The smallest absolute Gasteiger partial charge is 0.407 e. The number of aryl methyl sites for hydroxylation is 1. The van der Waals surface area contributed by atoms with Crippen molar-refractivity contribution in [2.75, 3.05) is 46.6 Å². The number of fused-ring (bicyclic) bond motifs is 9. The number of aromatic nitrogens is 1. The second-order valence-electron chi connectivity index (χ2n) is 22.2. The highest BCUT2D eigenvalue weighted by molar-refractivity contribution is 6.20. The molecule has 4 N–H and O–H groups in total. The van der Waals surface area contributed by atoms with Gasteiger partial charge in [-0.15, -0.1) is 23.2 Å². The lowest BCUT2D eigenvalue weighted by molar-refractivity contribution is -0.205. The molecule has 6 aromatic carbocycles. The summed E-state index contributed by atoms with van der Waals surface area (Å²) in [4.78, 5) is 78.4. The van der Waals surface area contributed by atoms with Crippen molar-refractivity contribution in [1.29, 1.82) is 0 Å². The highest BCUT2D eigenvalue weighted by Crippen LogP contribution is 2.75. The number of amides is 5. The molecule has 5 amide bonds. The molecule has 3 heterocycles. The predicted octanol–water partition coefficient (Wildman–Crippen LogP) is 11.4. The molecular weight excluding hydrogens is 1010 g/mol. The van der Waals surface area contributed by atoms with Crippen LogP contribution in [0, 0.1) is 23.7 Å². The minimum atomic E-state index is -1.02. The molecule has 3 fully saturated rings. The molecule has 2 aliphatic heterocycles. The average molecular weight is 1070 g/mol. The zero-order valence-corrected chi connectivity index (χ0v) is 44.9. The number of nitrogens with zero attached hydrogens (tertiary/aromatic N) is 2. The van der Waals surface area contributed by atoms with Crippen LogP contribution in [-0.2, 0) is 30.5 Å². The summed E-state index contributed by atoms with van der Waals surface area (Å²) in [6.07, 6.45) is 2.52. The maximum atomic E-state index is 15.0. The van der Waals surface area contributed by atoms with Crippen molar-refractivity contribution in [2.24, 2.45) is 16.7 Å². The summed E-state index contributed by atoms with van der Waals surface area (Å²) in [5, 5.41) is 11.3. The fourth-order valence-corrected chi connectivity index (χ4v) is 13.8. The molecule has 4 atom stereocenters. The van der Waals surface area contributed by atoms with Crippen LogP contribution in [0.15, 0.2) is 121 Å². The molecule has 2 bridgehead atoms. The van der Waals surface area contributed by atoms with Crippen molar-refractivity contribution in [3.8, 4) is 16.9 Å². The number of rotatable bonds is 15. The number of ether oxygens (including phenoxy) is 2. The lowest BCUT2D eigenvalue weighted by Gasteiger charge is -2.69. The van der Waals surface area contributed by atoms with Crippen molar-refractivity contribution < 1.29 is 33.4 Å². The second-order valence-corrected chi connectivity index (χ2v) is 22.9. The van der Waals surface area contributed by atoms with Gasteiger partial charge in [0.2, 0.25) is 23.6 Å². The third kappa shape index (κ3) is 8.39. The van der Waals surface area contributed by atoms with Gasteiger partial charge < -0.3 is 40.2 Å². The van der Waals surface area contributed by atoms with E-state index in [1.807, 2.05) is 133 Å². The highest BCUT2D eigenvalue weighted by Gasteiger charge is 2.76. The van der Waals surface area contributed by atoms with Crippen LogP contribution in [0.4, 0.5) is 21.9 Å². The van der Waals surface area contributed by atoms with Gasteiger partial charge >= 0.3 is 6.09 Å². The molecule has 1 aromatic heterocycles. The van der Waals surface area contributed by atoms with Gasteiger partial charge in [0, 0.05) is 71.3 Å². The fraction of sp³-hybridized carbons (Fsp3) is 0.339. The number of H-pyrrole nitrogens is 1. The van der Waals surface area contributed by atoms with Crippen molar-refractivity contribution in [1.82, 2.24) is 15.6 Å². The van der Waals surface area contributed by atoms with Gasteiger partial charge in [-0.2, -0.15) is 0 Å². The van der Waals surface area contributed by atoms with Gasteiger partial charge in [0.15, 0.2) is 0 Å². The van der Waals surface area contributed by atoms with Gasteiger partial charge in [-0.1, -0.05) is 117 Å². The lowest BCUT2D eigenvalue weighted by Crippen LogP contribution is -2.73. The second kappa shape index (κ2) is 19.6. The van der Waals surface area contributed by atoms with E-state index in [0.717, 1.165) is 71.9 Å². The Morgan fingerprint density at radius 3 is 1.90 bits per heavy atom. The number of halogens is 2. The third-order valence-corrected chi connectivity index (χ3v) is 17.8. The average Bonchev–Trinajstić information content (AvgIpc) is 3.89. The SMILES string of the molecule is Cc1c[nH]c2c(OCc3ccccc3)cc3c(c12)[C@H](CCl)CN3C(=O)C12CC(C(=O)N3C[C@@H](CCl)c4c3cc(NC(=O)[C@H](C)NC(=O)[C@@H](NC(=O)OCC3c5ccccc5-c5ccccc53)C(C)C)c3ccccc43)(C1)C2. The van der Waals surface area contributed by atoms with Crippen LogP contribution in [0.1, 0.15) is 91.2 Å². The topological polar surface area (TPSA) is 162 Å². The van der Waals surface area contributed by atoms with Crippen molar-refractivity contribution >= 4 is 91.7 Å². The Morgan fingerprint density at radius 2 is 1.27 bits per heavy atom. The summed E-state index contributed by atoms with van der Waals surface area (Å²) in [6.45, 7) is 8.52. The molecule has 394 valence electrons. The summed E-state index contributed by atoms with van der Waals surface area (Å²) in [6, 6.07) is 35.6. The van der Waals surface area contributed by atoms with E-state index in [9.17, 15) is 19.2 Å². The number of nitrogens with one attached hydrogen (secondary N) is 4. The number of alkyl halides is 2. The number of carbonyl (C=O) groups is 5. The number of hydrogen-bond donors (Lipinski definition) is 4. The number of alkyl carbamates (subject to hydrolysis) is 1. The quantitative estimate of drug-likeness (QED) is 0.0743. The fourth-order valence-electron chi connectivity index (χ4n) is 13.3. The normalized spacial score (nSPS) is 21.3. The molecule has 15 heteroatoms. The first-order valence-corrected chi connectivity index (χ1v) is 27.7. The van der Waals surface area contributed by atoms with E-state index in [0.29, 0.717) is 62.0 Å². The summed E-state index contributed by atoms with van der Waals surface area (Å²) in [5.41, 5.74) is 9.84. The van der Waals surface area contributed by atoms with E-state index >= 15 is 4.79 Å². The van der Waals surface area contributed by atoms with E-state index < -0.39 is 40.8 Å². The monoisotopic (exact) mass is 1070 g/mol. The first-order chi connectivity index (χ1) is 37.2. The molecule has 13 nitrogen and oxygen atoms in total. The Morgan fingerprint density at radius 1 is 0.701 bits per heavy atom. The Bertz CT molecular complexity index is 3500. The zero-order chi connectivity index (χ0) is 53.5. The zero-order valence-electron chi connectivity index (χ0n) is 43.4. The lowest BCUT2D eigenvalue weighted by atomic mass is 9.34. The molecule has 0 unspecified atom stereocenters. The highest BCUT2D eigenvalue weighted by atomic mass is 35.5. The number of benzene rings is 6. The van der Waals surface area contributed by atoms with Crippen LogP contribution in [0.25, 0.3) is 32.8 Å². The third-order valence-electron chi connectivity index (χ3n) is 17.0. The molecular formula is C62H60Cl2N6O7. The molecule has 0 radical (unpaired) electrons. The number of anilines is 3. The van der Waals surface area contributed by atoms with Crippen molar-refractivity contribution in [3.63, 3.8) is 0 Å². The Balaban J connectivity index is 0.732. The molecule has 77 heavy (non-hydrogen) atoms. The Labute approximate surface area is 457 Å². The van der Waals surface area contributed by atoms with Crippen LogP contribution >= 0.6 is 23.2 Å². The summed E-state index contributed by atoms with van der Waals surface area (Å²) in [5.74, 6) is -0.531. The van der Waals surface area contributed by atoms with Gasteiger partial charge in [-0.3, -0.25) is 19.2 Å². The molecule has 4 aliphatic carbocycles. The van der Waals surface area contributed by atoms with E-state index in [2.05, 4.69) is 40.0 Å². The molecule has 3 saturated carbocycles. The Hall–Kier alpha value is -7.35. The molecule has 0 saturated heterocycles. The van der Waals surface area contributed by atoms with Crippen LogP contribution in [0.2, 0.25) is 0 Å². The van der Waals surface area contributed by atoms with Gasteiger partial charge in [-0.25, -0.2) is 4.79 Å². The van der Waals surface area contributed by atoms with Crippen molar-refractivity contribution in [2.45, 2.75) is 83.4 Å². The summed E-state index contributed by atoms with van der Waals surface area (Å²) in [7, 11) is 0.